The summed E-state index contributed by atoms with van der Waals surface area (Å²) in [6, 6.07) is 0. The second kappa shape index (κ2) is 6.69. The van der Waals surface area contributed by atoms with Crippen LogP contribution in [0.4, 0.5) is 0 Å². The Morgan fingerprint density at radius 1 is 0.706 bits per heavy atom. The molecule has 100 valence electrons. The molecule has 0 aromatic carbocycles. The summed E-state index contributed by atoms with van der Waals surface area (Å²) in [7, 11) is -2.72. The summed E-state index contributed by atoms with van der Waals surface area (Å²) in [5.41, 5.74) is 0. The van der Waals surface area contributed by atoms with Crippen molar-refractivity contribution in [2.24, 2.45) is 14.7 Å². The Balaban J connectivity index is 4.83. The van der Waals surface area contributed by atoms with Crippen LogP contribution in [0.25, 0.3) is 0 Å². The van der Waals surface area contributed by atoms with Gasteiger partial charge in [0.15, 0.2) is 0 Å². The number of nitrogens with zero attached hydrogens (tertiary/aromatic N) is 4. The molecule has 0 fully saturated rings. The molecule has 0 spiro atoms. The normalized spacial score (nSPS) is 12.7. The van der Waals surface area contributed by atoms with E-state index in [1.807, 2.05) is 0 Å². The van der Waals surface area contributed by atoms with Gasteiger partial charge in [0, 0.05) is 0 Å². The molecule has 4 nitrogen and oxygen atoms in total. The fourth-order valence-corrected chi connectivity index (χ4v) is 8.01. The number of hydrogen-bond acceptors (Lipinski definition) is 4. The van der Waals surface area contributed by atoms with Crippen LogP contribution in [0.1, 0.15) is 0 Å². The average Bonchev–Trinajstić information content (AvgIpc) is 1.96. The first-order chi connectivity index (χ1) is 7.41. The van der Waals surface area contributed by atoms with E-state index in [0.29, 0.717) is 0 Å². The van der Waals surface area contributed by atoms with Crippen molar-refractivity contribution in [3.05, 3.63) is 0 Å². The van der Waals surface area contributed by atoms with Crippen molar-refractivity contribution < 1.29 is 0 Å². The zero-order valence-electron chi connectivity index (χ0n) is 12.1. The fraction of sp³-hybridized carbons (Fsp3) is 1.00. The van der Waals surface area contributed by atoms with E-state index in [2.05, 4.69) is 65.5 Å². The summed E-state index contributed by atoms with van der Waals surface area (Å²) < 4.78 is 18.3. The first-order valence-electron chi connectivity index (χ1n) is 5.62. The fourth-order valence-electron chi connectivity index (χ4n) is 0.502. The minimum atomic E-state index is -2.37. The molecule has 0 N–H and O–H groups in total. The molecule has 0 saturated heterocycles. The van der Waals surface area contributed by atoms with Gasteiger partial charge < -0.3 is 0 Å². The van der Waals surface area contributed by atoms with Crippen molar-refractivity contribution in [3.8, 4) is 0 Å². The Kier molecular flexibility index (Phi) is 6.93. The van der Waals surface area contributed by atoms with Gasteiger partial charge in [0.05, 0.1) is 0 Å². The molecule has 0 saturated carbocycles. The van der Waals surface area contributed by atoms with Gasteiger partial charge in [0.2, 0.25) is 0 Å². The van der Waals surface area contributed by atoms with Crippen LogP contribution in [0.2, 0.25) is 50.8 Å². The average molecular weight is 369 g/mol. The zero-order valence-corrected chi connectivity index (χ0v) is 17.8. The second-order valence-electron chi connectivity index (χ2n) is 6.36. The molecule has 0 heterocycles. The van der Waals surface area contributed by atoms with Gasteiger partial charge >= 0.3 is 118 Å². The van der Waals surface area contributed by atoms with E-state index < -0.39 is 30.2 Å². The first-order valence-corrected chi connectivity index (χ1v) is 20.1. The van der Waals surface area contributed by atoms with E-state index >= 15 is 0 Å². The Morgan fingerprint density at radius 2 is 1.00 bits per heavy atom. The summed E-state index contributed by atoms with van der Waals surface area (Å²) in [4.78, 5) is 0. The van der Waals surface area contributed by atoms with Crippen molar-refractivity contribution in [1.82, 2.24) is 0 Å². The molecule has 0 amide bonds. The maximum absolute atomic E-state index is 4.60. The number of rotatable bonds is 4. The van der Waals surface area contributed by atoms with Crippen LogP contribution in [0.15, 0.2) is 14.7 Å². The summed E-state index contributed by atoms with van der Waals surface area (Å²) in [5.74, 6) is 4.33. The number of hydrogen-bond donors (Lipinski definition) is 0. The molecule has 0 aliphatic rings. The molecule has 0 aromatic rings. The monoisotopic (exact) mass is 370 g/mol. The van der Waals surface area contributed by atoms with Crippen molar-refractivity contribution in [3.63, 3.8) is 0 Å². The molecule has 9 heteroatoms. The van der Waals surface area contributed by atoms with E-state index in [9.17, 15) is 0 Å². The van der Waals surface area contributed by atoms with E-state index in [4.69, 9.17) is 0 Å². The SMILES string of the molecule is C[Si](C)(C)N=S=[N][Ge]([CH3])([CH3])[N]=S=N[Si](C)(C)C. The van der Waals surface area contributed by atoms with Crippen LogP contribution in [0, 0.1) is 0 Å². The second-order valence-corrected chi connectivity index (χ2v) is 25.8. The van der Waals surface area contributed by atoms with Gasteiger partial charge in [-0.15, -0.1) is 0 Å². The van der Waals surface area contributed by atoms with Crippen LogP contribution in [0.3, 0.4) is 0 Å². The summed E-state index contributed by atoms with van der Waals surface area (Å²) in [6.45, 7) is 13.3. The molecule has 0 aliphatic heterocycles. The molecule has 0 rings (SSSR count). The molecule has 0 bridgehead atoms. The Morgan fingerprint density at radius 3 is 1.24 bits per heavy atom. The first kappa shape index (κ1) is 17.6. The van der Waals surface area contributed by atoms with Gasteiger partial charge in [-0.1, -0.05) is 0 Å². The van der Waals surface area contributed by atoms with Crippen LogP contribution in [0.5, 0.6) is 0 Å². The Hall–Kier alpha value is 0.617. The molecule has 0 aliphatic carbocycles. The van der Waals surface area contributed by atoms with Crippen LogP contribution in [-0.4, -0.2) is 30.2 Å². The predicted molar refractivity (Wildman–Crippen MR) is 88.6 cm³/mol. The van der Waals surface area contributed by atoms with E-state index in [1.54, 1.807) is 0 Å². The molecule has 17 heavy (non-hydrogen) atoms. The predicted octanol–water partition coefficient (Wildman–Crippen LogP) is 4.26. The zero-order chi connectivity index (χ0) is 13.7. The molecular weight excluding hydrogens is 345 g/mol. The molecule has 0 atom stereocenters. The van der Waals surface area contributed by atoms with Crippen molar-refractivity contribution in [2.75, 3.05) is 0 Å². The van der Waals surface area contributed by atoms with Crippen LogP contribution in [-0.2, 0) is 22.7 Å². The third-order valence-corrected chi connectivity index (χ3v) is 13.9. The summed E-state index contributed by atoms with van der Waals surface area (Å²) in [5, 5.41) is 0. The van der Waals surface area contributed by atoms with Gasteiger partial charge in [-0.05, 0) is 0 Å². The third-order valence-electron chi connectivity index (χ3n) is 1.16. The summed E-state index contributed by atoms with van der Waals surface area (Å²) >= 11 is 0.391. The molecular formula is C8H24GeN4S2Si2. The molecule has 0 radical (unpaired) electrons. The van der Waals surface area contributed by atoms with E-state index in [1.165, 1.54) is 22.7 Å². The van der Waals surface area contributed by atoms with Gasteiger partial charge in [0.1, 0.15) is 0 Å². The molecule has 0 unspecified atom stereocenters. The topological polar surface area (TPSA) is 49.4 Å². The van der Waals surface area contributed by atoms with Crippen molar-refractivity contribution >= 4 is 52.9 Å². The van der Waals surface area contributed by atoms with E-state index in [-0.39, 0.29) is 0 Å². The van der Waals surface area contributed by atoms with E-state index in [0.717, 1.165) is 0 Å². The van der Waals surface area contributed by atoms with Crippen LogP contribution >= 0.6 is 0 Å². The van der Waals surface area contributed by atoms with Crippen molar-refractivity contribution in [2.45, 2.75) is 50.8 Å². The molecule has 0 aromatic heterocycles. The third kappa shape index (κ3) is 12.9. The quantitative estimate of drug-likeness (QED) is 0.665. The summed E-state index contributed by atoms with van der Waals surface area (Å²) in [6.07, 6.45) is 0. The Labute approximate surface area is 118 Å². The Bertz CT molecular complexity index is 349. The van der Waals surface area contributed by atoms with Gasteiger partial charge in [0.25, 0.3) is 0 Å². The van der Waals surface area contributed by atoms with Gasteiger partial charge in [-0.2, -0.15) is 0 Å². The minimum absolute atomic E-state index is 1.36. The van der Waals surface area contributed by atoms with Gasteiger partial charge in [-0.3, -0.25) is 0 Å². The maximum atomic E-state index is 4.60. The van der Waals surface area contributed by atoms with Crippen LogP contribution < -0.4 is 0 Å². The van der Waals surface area contributed by atoms with Gasteiger partial charge in [-0.25, -0.2) is 0 Å². The standard InChI is InChI=1S/C8H24GeN4S2Si2/c1-9(2,10-14-12-16(3,4)5)11-15-13-17(6,7)8/h1-8H3. The van der Waals surface area contributed by atoms with Crippen molar-refractivity contribution in [1.29, 1.82) is 0 Å².